The van der Waals surface area contributed by atoms with Gasteiger partial charge in [0.15, 0.2) is 11.6 Å². The Balaban J connectivity index is 1.65. The van der Waals surface area contributed by atoms with Gasteiger partial charge in [-0.2, -0.15) is 0 Å². The number of aromatic nitrogens is 4. The Morgan fingerprint density at radius 3 is 2.47 bits per heavy atom. The lowest BCUT2D eigenvalue weighted by atomic mass is 9.81. The Bertz CT molecular complexity index is 1210. The second-order valence-electron chi connectivity index (χ2n) is 9.62. The van der Waals surface area contributed by atoms with Crippen molar-refractivity contribution in [2.24, 2.45) is 5.41 Å². The number of carbonyl (C=O) groups is 1. The van der Waals surface area contributed by atoms with E-state index in [9.17, 15) is 14.0 Å². The molecule has 0 bridgehead atoms. The number of benzene rings is 1. The van der Waals surface area contributed by atoms with Crippen LogP contribution < -0.4 is 10.9 Å². The number of rotatable bonds is 5. The maximum Gasteiger partial charge on any atom is 0.270 e. The predicted octanol–water partition coefficient (Wildman–Crippen LogP) is 3.93. The quantitative estimate of drug-likeness (QED) is 0.632. The summed E-state index contributed by atoms with van der Waals surface area (Å²) < 4.78 is 14.9. The van der Waals surface area contributed by atoms with Crippen molar-refractivity contribution in [3.05, 3.63) is 75.7 Å². The lowest BCUT2D eigenvalue weighted by Gasteiger charge is -2.32. The van der Waals surface area contributed by atoms with E-state index in [0.29, 0.717) is 11.1 Å². The minimum Gasteiger partial charge on any atom is -0.343 e. The first-order valence-electron chi connectivity index (χ1n) is 10.6. The van der Waals surface area contributed by atoms with E-state index in [2.05, 4.69) is 32.2 Å². The van der Waals surface area contributed by atoms with Crippen molar-refractivity contribution in [3.63, 3.8) is 0 Å². The lowest BCUT2D eigenvalue weighted by molar-refractivity contribution is 0.0896. The molecule has 1 aromatic carbocycles. The molecule has 2 N–H and O–H groups in total. The van der Waals surface area contributed by atoms with Crippen LogP contribution in [0.25, 0.3) is 11.6 Å². The van der Waals surface area contributed by atoms with Crippen molar-refractivity contribution < 1.29 is 9.18 Å². The molecule has 8 heteroatoms. The fraction of sp³-hybridized carbons (Fsp3) is 0.375. The average molecular weight is 436 g/mol. The molecule has 1 aliphatic rings. The summed E-state index contributed by atoms with van der Waals surface area (Å²) in [7, 11) is 0. The lowest BCUT2D eigenvalue weighted by Crippen LogP contribution is -2.37. The van der Waals surface area contributed by atoms with E-state index in [1.807, 2.05) is 32.9 Å². The van der Waals surface area contributed by atoms with Gasteiger partial charge in [-0.3, -0.25) is 9.59 Å². The number of halogens is 1. The number of H-pyrrole nitrogens is 1. The summed E-state index contributed by atoms with van der Waals surface area (Å²) in [6.07, 6.45) is 4.99. The predicted molar refractivity (Wildman–Crippen MR) is 119 cm³/mol. The third-order valence-electron chi connectivity index (χ3n) is 5.87. The Morgan fingerprint density at radius 1 is 1.19 bits per heavy atom. The van der Waals surface area contributed by atoms with Gasteiger partial charge in [-0.1, -0.05) is 39.8 Å². The smallest absolute Gasteiger partial charge is 0.270 e. The summed E-state index contributed by atoms with van der Waals surface area (Å²) in [6.45, 7) is 7.93. The van der Waals surface area contributed by atoms with E-state index < -0.39 is 22.9 Å². The normalized spacial score (nSPS) is 15.8. The standard InChI is InChI=1S/C24H26FN5O2/c1-23(2,3)19(14-6-7-15(16(25)12-14)24(4)8-9-24)30-22(32)17-13-18(31)29-21(28-17)20-26-10-5-11-27-20/h5-7,10-13,19H,8-9H2,1-4H3,(H,30,32)(H,28,29,31). The molecule has 4 rings (SSSR count). The van der Waals surface area contributed by atoms with Gasteiger partial charge in [-0.15, -0.1) is 0 Å². The van der Waals surface area contributed by atoms with E-state index in [-0.39, 0.29) is 28.6 Å². The number of aromatic amines is 1. The summed E-state index contributed by atoms with van der Waals surface area (Å²) >= 11 is 0. The molecule has 7 nitrogen and oxygen atoms in total. The fourth-order valence-electron chi connectivity index (χ4n) is 3.76. The SMILES string of the molecule is CC1(c2ccc(C(NC(=O)c3cc(=O)[nH]c(-c4ncccn4)n3)C(C)(C)C)cc2F)CC1. The molecule has 1 fully saturated rings. The minimum absolute atomic E-state index is 0.0620. The van der Waals surface area contributed by atoms with Crippen LogP contribution >= 0.6 is 0 Å². The first-order valence-corrected chi connectivity index (χ1v) is 10.6. The zero-order valence-corrected chi connectivity index (χ0v) is 18.6. The Morgan fingerprint density at radius 2 is 1.88 bits per heavy atom. The summed E-state index contributed by atoms with van der Waals surface area (Å²) in [5, 5.41) is 2.93. The van der Waals surface area contributed by atoms with Crippen molar-refractivity contribution in [2.45, 2.75) is 52.0 Å². The monoisotopic (exact) mass is 435 g/mol. The number of amides is 1. The molecule has 0 spiro atoms. The zero-order chi connectivity index (χ0) is 23.1. The van der Waals surface area contributed by atoms with Crippen molar-refractivity contribution in [1.29, 1.82) is 0 Å². The maximum atomic E-state index is 14.9. The van der Waals surface area contributed by atoms with Crippen LogP contribution in [0.4, 0.5) is 4.39 Å². The molecule has 2 heterocycles. The third kappa shape index (κ3) is 4.44. The molecular weight excluding hydrogens is 409 g/mol. The van der Waals surface area contributed by atoms with Gasteiger partial charge in [0.25, 0.3) is 11.5 Å². The van der Waals surface area contributed by atoms with E-state index in [0.717, 1.165) is 18.9 Å². The van der Waals surface area contributed by atoms with Gasteiger partial charge in [-0.25, -0.2) is 19.3 Å². The topological polar surface area (TPSA) is 101 Å². The second kappa shape index (κ2) is 7.93. The Labute approximate surface area is 185 Å². The molecule has 3 aromatic rings. The van der Waals surface area contributed by atoms with Crippen LogP contribution in [0.5, 0.6) is 0 Å². The van der Waals surface area contributed by atoms with Gasteiger partial charge >= 0.3 is 0 Å². The second-order valence-corrected chi connectivity index (χ2v) is 9.62. The van der Waals surface area contributed by atoms with E-state index in [1.165, 1.54) is 18.5 Å². The van der Waals surface area contributed by atoms with Gasteiger partial charge in [-0.05, 0) is 46.9 Å². The zero-order valence-electron chi connectivity index (χ0n) is 18.6. The fourth-order valence-corrected chi connectivity index (χ4v) is 3.76. The molecule has 32 heavy (non-hydrogen) atoms. The van der Waals surface area contributed by atoms with Crippen LogP contribution in [0, 0.1) is 11.2 Å². The van der Waals surface area contributed by atoms with Gasteiger partial charge in [0.1, 0.15) is 11.5 Å². The average Bonchev–Trinajstić information content (AvgIpc) is 3.49. The minimum atomic E-state index is -0.535. The van der Waals surface area contributed by atoms with Gasteiger partial charge in [0.2, 0.25) is 0 Å². The molecule has 1 unspecified atom stereocenters. The van der Waals surface area contributed by atoms with Crippen LogP contribution in [0.2, 0.25) is 0 Å². The number of hydrogen-bond donors (Lipinski definition) is 2. The largest absolute Gasteiger partial charge is 0.343 e. The van der Waals surface area contributed by atoms with Crippen LogP contribution in [-0.4, -0.2) is 25.8 Å². The van der Waals surface area contributed by atoms with Crippen LogP contribution in [0.1, 0.15) is 68.2 Å². The highest BCUT2D eigenvalue weighted by atomic mass is 19.1. The van der Waals surface area contributed by atoms with Crippen LogP contribution in [0.15, 0.2) is 47.5 Å². The first-order chi connectivity index (χ1) is 15.1. The molecule has 1 saturated carbocycles. The number of nitrogens with zero attached hydrogens (tertiary/aromatic N) is 3. The highest BCUT2D eigenvalue weighted by molar-refractivity contribution is 5.92. The molecule has 1 aliphatic carbocycles. The summed E-state index contributed by atoms with van der Waals surface area (Å²) in [6, 6.07) is 7.46. The summed E-state index contributed by atoms with van der Waals surface area (Å²) in [5.41, 5.74) is 0.311. The molecule has 1 amide bonds. The Hall–Kier alpha value is -3.42. The van der Waals surface area contributed by atoms with Crippen molar-refractivity contribution in [2.75, 3.05) is 0 Å². The van der Waals surface area contributed by atoms with Crippen LogP contribution in [0.3, 0.4) is 0 Å². The highest BCUT2D eigenvalue weighted by Crippen LogP contribution is 2.49. The van der Waals surface area contributed by atoms with Crippen molar-refractivity contribution >= 4 is 5.91 Å². The van der Waals surface area contributed by atoms with Gasteiger partial charge in [0, 0.05) is 18.5 Å². The first kappa shape index (κ1) is 21.8. The van der Waals surface area contributed by atoms with E-state index in [4.69, 9.17) is 0 Å². The number of carbonyl (C=O) groups excluding carboxylic acids is 1. The Kier molecular flexibility index (Phi) is 5.40. The highest BCUT2D eigenvalue weighted by Gasteiger charge is 2.41. The van der Waals surface area contributed by atoms with Gasteiger partial charge < -0.3 is 10.3 Å². The molecule has 166 valence electrons. The van der Waals surface area contributed by atoms with E-state index >= 15 is 0 Å². The van der Waals surface area contributed by atoms with Crippen molar-refractivity contribution in [3.8, 4) is 11.6 Å². The number of nitrogens with one attached hydrogen (secondary N) is 2. The van der Waals surface area contributed by atoms with Crippen LogP contribution in [-0.2, 0) is 5.41 Å². The van der Waals surface area contributed by atoms with E-state index in [1.54, 1.807) is 6.07 Å². The molecule has 0 saturated heterocycles. The molecule has 2 aromatic heterocycles. The summed E-state index contributed by atoms with van der Waals surface area (Å²) in [5.74, 6) is -0.489. The molecule has 1 atom stereocenters. The summed E-state index contributed by atoms with van der Waals surface area (Å²) in [4.78, 5) is 40.1. The van der Waals surface area contributed by atoms with Crippen molar-refractivity contribution in [1.82, 2.24) is 25.3 Å². The maximum absolute atomic E-state index is 14.9. The third-order valence-corrected chi connectivity index (χ3v) is 5.87. The molecular formula is C24H26FN5O2. The van der Waals surface area contributed by atoms with Gasteiger partial charge in [0.05, 0.1) is 6.04 Å². The molecule has 0 aliphatic heterocycles. The molecule has 0 radical (unpaired) electrons. The number of hydrogen-bond acceptors (Lipinski definition) is 5.